The zero-order valence-electron chi connectivity index (χ0n) is 8.15. The summed E-state index contributed by atoms with van der Waals surface area (Å²) in [5.41, 5.74) is 0. The molecule has 0 radical (unpaired) electrons. The molecule has 2 fully saturated rings. The maximum Gasteiger partial charge on any atom is 0.0787 e. The Kier molecular flexibility index (Phi) is 2.58. The molecule has 13 heavy (non-hydrogen) atoms. The fourth-order valence-electron chi connectivity index (χ4n) is 3.19. The first-order chi connectivity index (χ1) is 6.36. The van der Waals surface area contributed by atoms with Gasteiger partial charge in [-0.3, -0.25) is 0 Å². The number of hydrogen-bond donors (Lipinski definition) is 1. The number of aliphatic hydroxyl groups excluding tert-OH is 1. The van der Waals surface area contributed by atoms with Crippen LogP contribution in [0.25, 0.3) is 0 Å². The van der Waals surface area contributed by atoms with Crippen molar-refractivity contribution in [3.63, 3.8) is 0 Å². The molecule has 2 aliphatic carbocycles. The third-order valence-electron chi connectivity index (χ3n) is 3.81. The van der Waals surface area contributed by atoms with Gasteiger partial charge >= 0.3 is 0 Å². The number of allylic oxidation sites excluding steroid dienone is 1. The second-order valence-electron chi connectivity index (χ2n) is 4.32. The summed E-state index contributed by atoms with van der Waals surface area (Å²) in [5.74, 6) is 2.67. The van der Waals surface area contributed by atoms with Gasteiger partial charge in [-0.25, -0.2) is 0 Å². The first-order valence-electron chi connectivity index (χ1n) is 5.17. The number of ether oxygens (including phenoxy) is 1. The van der Waals surface area contributed by atoms with E-state index in [4.69, 9.17) is 4.74 Å². The molecular formula is C11H18O2. The van der Waals surface area contributed by atoms with Gasteiger partial charge in [0, 0.05) is 6.61 Å². The monoisotopic (exact) mass is 182 g/mol. The molecule has 0 heterocycles. The minimum Gasteiger partial charge on any atom is -0.505 e. The van der Waals surface area contributed by atoms with Crippen molar-refractivity contribution in [1.29, 1.82) is 0 Å². The summed E-state index contributed by atoms with van der Waals surface area (Å²) >= 11 is 0. The van der Waals surface area contributed by atoms with E-state index < -0.39 is 0 Å². The van der Waals surface area contributed by atoms with E-state index in [1.54, 1.807) is 13.4 Å². The lowest BCUT2D eigenvalue weighted by Gasteiger charge is -2.26. The van der Waals surface area contributed by atoms with Crippen LogP contribution in [0.3, 0.4) is 0 Å². The van der Waals surface area contributed by atoms with Gasteiger partial charge in [0.25, 0.3) is 0 Å². The maximum atomic E-state index is 9.28. The minimum atomic E-state index is 0.347. The van der Waals surface area contributed by atoms with E-state index in [2.05, 4.69) is 6.08 Å². The largest absolute Gasteiger partial charge is 0.505 e. The minimum absolute atomic E-state index is 0.347. The zero-order chi connectivity index (χ0) is 9.26. The number of aliphatic hydroxyl groups is 1. The van der Waals surface area contributed by atoms with E-state index in [1.165, 1.54) is 19.3 Å². The Morgan fingerprint density at radius 1 is 1.38 bits per heavy atom. The summed E-state index contributed by atoms with van der Waals surface area (Å²) in [4.78, 5) is 0. The Balaban J connectivity index is 2.04. The van der Waals surface area contributed by atoms with Gasteiger partial charge in [0.2, 0.25) is 0 Å². The number of fused-ring (bicyclic) bond motifs is 2. The van der Waals surface area contributed by atoms with Crippen molar-refractivity contribution in [1.82, 2.24) is 0 Å². The summed E-state index contributed by atoms with van der Waals surface area (Å²) < 4.78 is 4.94. The average Bonchev–Trinajstić information content (AvgIpc) is 2.73. The van der Waals surface area contributed by atoms with E-state index >= 15 is 0 Å². The molecule has 2 nitrogen and oxygen atoms in total. The Bertz CT molecular complexity index is 200. The lowest BCUT2D eigenvalue weighted by Crippen LogP contribution is -2.23. The Hall–Kier alpha value is -0.500. The van der Waals surface area contributed by atoms with Crippen LogP contribution in [0.2, 0.25) is 0 Å². The van der Waals surface area contributed by atoms with E-state index in [1.807, 2.05) is 0 Å². The maximum absolute atomic E-state index is 9.28. The van der Waals surface area contributed by atoms with E-state index in [-0.39, 0.29) is 0 Å². The van der Waals surface area contributed by atoms with Crippen molar-refractivity contribution in [2.75, 3.05) is 13.7 Å². The first-order valence-corrected chi connectivity index (χ1v) is 5.17. The van der Waals surface area contributed by atoms with Gasteiger partial charge in [-0.1, -0.05) is 0 Å². The van der Waals surface area contributed by atoms with Crippen molar-refractivity contribution in [2.24, 2.45) is 23.7 Å². The smallest absolute Gasteiger partial charge is 0.0787 e. The molecule has 1 unspecified atom stereocenters. The highest BCUT2D eigenvalue weighted by Gasteiger charge is 2.45. The zero-order valence-corrected chi connectivity index (χ0v) is 8.15. The molecule has 4 atom stereocenters. The van der Waals surface area contributed by atoms with Crippen molar-refractivity contribution in [3.8, 4) is 0 Å². The average molecular weight is 182 g/mol. The number of methoxy groups -OCH3 is 1. The van der Waals surface area contributed by atoms with Crippen LogP contribution in [-0.2, 0) is 4.74 Å². The Labute approximate surface area is 79.6 Å². The van der Waals surface area contributed by atoms with E-state index in [0.717, 1.165) is 11.8 Å². The fourth-order valence-corrected chi connectivity index (χ4v) is 3.19. The molecule has 2 heteroatoms. The predicted octanol–water partition coefficient (Wildman–Crippen LogP) is 1.80. The molecule has 2 saturated carbocycles. The second kappa shape index (κ2) is 3.70. The van der Waals surface area contributed by atoms with Crippen LogP contribution in [0.1, 0.15) is 19.3 Å². The van der Waals surface area contributed by atoms with Crippen LogP contribution in [-0.4, -0.2) is 18.8 Å². The second-order valence-corrected chi connectivity index (χ2v) is 4.32. The third-order valence-corrected chi connectivity index (χ3v) is 3.81. The molecule has 0 amide bonds. The van der Waals surface area contributed by atoms with Gasteiger partial charge in [0.1, 0.15) is 0 Å². The molecule has 2 bridgehead atoms. The van der Waals surface area contributed by atoms with Gasteiger partial charge in [0.05, 0.1) is 13.4 Å². The molecule has 0 saturated heterocycles. The van der Waals surface area contributed by atoms with Crippen LogP contribution in [0.15, 0.2) is 12.3 Å². The Morgan fingerprint density at radius 2 is 2.15 bits per heavy atom. The molecule has 0 spiro atoms. The van der Waals surface area contributed by atoms with Crippen LogP contribution >= 0.6 is 0 Å². The lowest BCUT2D eigenvalue weighted by molar-refractivity contribution is 0.145. The molecule has 0 aromatic rings. The van der Waals surface area contributed by atoms with Gasteiger partial charge in [-0.2, -0.15) is 0 Å². The number of rotatable bonds is 3. The summed E-state index contributed by atoms with van der Waals surface area (Å²) in [6, 6.07) is 0. The topological polar surface area (TPSA) is 29.5 Å². The summed E-state index contributed by atoms with van der Waals surface area (Å²) in [5, 5.41) is 9.28. The predicted molar refractivity (Wildman–Crippen MR) is 51.0 cm³/mol. The highest BCUT2D eigenvalue weighted by molar-refractivity contribution is 5.03. The fraction of sp³-hybridized carbons (Fsp3) is 0.818. The highest BCUT2D eigenvalue weighted by atomic mass is 16.5. The molecule has 74 valence electrons. The summed E-state index contributed by atoms with van der Waals surface area (Å²) in [7, 11) is 1.68. The molecular weight excluding hydrogens is 164 g/mol. The molecule has 2 aliphatic rings. The van der Waals surface area contributed by atoms with Crippen LogP contribution in [0.5, 0.6) is 0 Å². The number of hydrogen-bond acceptors (Lipinski definition) is 2. The van der Waals surface area contributed by atoms with Gasteiger partial charge in [-0.15, -0.1) is 0 Å². The molecule has 0 aromatic heterocycles. The first kappa shape index (κ1) is 9.07. The quantitative estimate of drug-likeness (QED) is 0.674. The SMILES string of the molecule is CO/C=C/[C@@H]1C(CO)[C@@H]2CC[C@H]1C2. The summed E-state index contributed by atoms with van der Waals surface area (Å²) in [6.45, 7) is 0.347. The summed E-state index contributed by atoms with van der Waals surface area (Å²) in [6.07, 6.45) is 7.91. The van der Waals surface area contributed by atoms with Crippen molar-refractivity contribution in [3.05, 3.63) is 12.3 Å². The molecule has 0 aliphatic heterocycles. The van der Waals surface area contributed by atoms with Crippen molar-refractivity contribution < 1.29 is 9.84 Å². The molecule has 0 aromatic carbocycles. The Morgan fingerprint density at radius 3 is 2.85 bits per heavy atom. The van der Waals surface area contributed by atoms with Crippen LogP contribution in [0.4, 0.5) is 0 Å². The van der Waals surface area contributed by atoms with E-state index in [0.29, 0.717) is 18.4 Å². The van der Waals surface area contributed by atoms with Crippen LogP contribution in [0, 0.1) is 23.7 Å². The van der Waals surface area contributed by atoms with Gasteiger partial charge < -0.3 is 9.84 Å². The van der Waals surface area contributed by atoms with E-state index in [9.17, 15) is 5.11 Å². The third kappa shape index (κ3) is 1.48. The molecule has 1 N–H and O–H groups in total. The highest BCUT2D eigenvalue weighted by Crippen LogP contribution is 2.52. The standard InChI is InChI=1S/C11H18O2/c1-13-5-4-10-8-2-3-9(6-8)11(10)7-12/h4-5,8-12H,2-3,6-7H2,1H3/b5-4+/t8-,9+,10-,11?/m0/s1. The normalized spacial score (nSPS) is 43.2. The van der Waals surface area contributed by atoms with Gasteiger partial charge in [0.15, 0.2) is 0 Å². The van der Waals surface area contributed by atoms with Crippen LogP contribution < -0.4 is 0 Å². The van der Waals surface area contributed by atoms with Crippen molar-refractivity contribution >= 4 is 0 Å². The lowest BCUT2D eigenvalue weighted by atomic mass is 9.80. The van der Waals surface area contributed by atoms with Gasteiger partial charge in [-0.05, 0) is 49.0 Å². The van der Waals surface area contributed by atoms with Crippen molar-refractivity contribution in [2.45, 2.75) is 19.3 Å². The molecule has 2 rings (SSSR count).